The van der Waals surface area contributed by atoms with Gasteiger partial charge < -0.3 is 9.72 Å². The summed E-state index contributed by atoms with van der Waals surface area (Å²) >= 11 is 0. The van der Waals surface area contributed by atoms with Crippen molar-refractivity contribution in [3.63, 3.8) is 0 Å². The van der Waals surface area contributed by atoms with E-state index in [1.165, 1.54) is 5.01 Å². The van der Waals surface area contributed by atoms with Gasteiger partial charge in [-0.25, -0.2) is 4.98 Å². The Labute approximate surface area is 109 Å². The number of imidazole rings is 1. The maximum Gasteiger partial charge on any atom is 0.261 e. The molecule has 0 saturated carbocycles. The Morgan fingerprint density at radius 2 is 2.26 bits per heavy atom. The van der Waals surface area contributed by atoms with E-state index in [1.54, 1.807) is 0 Å². The summed E-state index contributed by atoms with van der Waals surface area (Å²) in [5, 5.41) is 5.75. The van der Waals surface area contributed by atoms with Crippen LogP contribution in [0.15, 0.2) is 29.4 Å². The lowest BCUT2D eigenvalue weighted by Gasteiger charge is -2.16. The minimum atomic E-state index is -0.234. The molecular formula is C13H12N4O2. The summed E-state index contributed by atoms with van der Waals surface area (Å²) in [5.74, 6) is 0.184. The predicted molar refractivity (Wildman–Crippen MR) is 69.9 cm³/mol. The molecule has 1 fully saturated rings. The van der Waals surface area contributed by atoms with Crippen LogP contribution in [0.2, 0.25) is 0 Å². The zero-order valence-corrected chi connectivity index (χ0v) is 10.2. The Morgan fingerprint density at radius 1 is 1.37 bits per heavy atom. The highest BCUT2D eigenvalue weighted by atomic mass is 16.5. The first kappa shape index (κ1) is 10.7. The van der Waals surface area contributed by atoms with Gasteiger partial charge in [0.25, 0.3) is 5.91 Å². The van der Waals surface area contributed by atoms with Gasteiger partial charge in [0.1, 0.15) is 5.92 Å². The van der Waals surface area contributed by atoms with Crippen LogP contribution in [-0.2, 0) is 9.53 Å². The SMILES string of the molecule is O=C1C2COCCC2=NN1c1nc2ccccc2[nH]1. The topological polar surface area (TPSA) is 70.6 Å². The summed E-state index contributed by atoms with van der Waals surface area (Å²) in [6, 6.07) is 7.67. The number of nitrogens with one attached hydrogen (secondary N) is 1. The molecule has 0 aliphatic carbocycles. The monoisotopic (exact) mass is 256 g/mol. The number of para-hydroxylation sites is 2. The van der Waals surface area contributed by atoms with Crippen molar-refractivity contribution in [2.45, 2.75) is 6.42 Å². The Hall–Kier alpha value is -2.21. The fourth-order valence-electron chi connectivity index (χ4n) is 2.50. The maximum atomic E-state index is 12.3. The molecule has 2 aliphatic heterocycles. The van der Waals surface area contributed by atoms with E-state index < -0.39 is 0 Å². The van der Waals surface area contributed by atoms with Crippen molar-refractivity contribution in [2.24, 2.45) is 11.0 Å². The number of aromatic nitrogens is 2. The molecule has 0 spiro atoms. The maximum absolute atomic E-state index is 12.3. The number of aromatic amines is 1. The third-order valence-electron chi connectivity index (χ3n) is 3.50. The Kier molecular flexibility index (Phi) is 2.19. The van der Waals surface area contributed by atoms with Gasteiger partial charge in [-0.1, -0.05) is 12.1 Å². The van der Waals surface area contributed by atoms with Gasteiger partial charge in [0.05, 0.1) is 30.0 Å². The van der Waals surface area contributed by atoms with E-state index >= 15 is 0 Å². The van der Waals surface area contributed by atoms with Crippen LogP contribution < -0.4 is 5.01 Å². The smallest absolute Gasteiger partial charge is 0.261 e. The molecule has 1 N–H and O–H groups in total. The molecule has 1 atom stereocenters. The summed E-state index contributed by atoms with van der Waals surface area (Å²) in [6.07, 6.45) is 0.715. The van der Waals surface area contributed by atoms with Gasteiger partial charge in [-0.2, -0.15) is 10.1 Å². The molecule has 19 heavy (non-hydrogen) atoms. The summed E-state index contributed by atoms with van der Waals surface area (Å²) in [6.45, 7) is 1.06. The number of anilines is 1. The molecular weight excluding hydrogens is 244 g/mol. The van der Waals surface area contributed by atoms with Gasteiger partial charge in [-0.15, -0.1) is 0 Å². The summed E-state index contributed by atoms with van der Waals surface area (Å²) < 4.78 is 5.34. The molecule has 1 aromatic carbocycles. The average Bonchev–Trinajstić information content (AvgIpc) is 3.00. The number of fused-ring (bicyclic) bond motifs is 2. The van der Waals surface area contributed by atoms with Gasteiger partial charge in [0.2, 0.25) is 5.95 Å². The van der Waals surface area contributed by atoms with Crippen molar-refractivity contribution in [3.8, 4) is 0 Å². The van der Waals surface area contributed by atoms with Gasteiger partial charge in [0, 0.05) is 6.42 Å². The predicted octanol–water partition coefficient (Wildman–Crippen LogP) is 1.30. The van der Waals surface area contributed by atoms with Crippen LogP contribution in [-0.4, -0.2) is 34.8 Å². The number of H-pyrrole nitrogens is 1. The standard InChI is InChI=1S/C13H12N4O2/c18-12-8-7-19-6-5-9(8)16-17(12)13-14-10-3-1-2-4-11(10)15-13/h1-4,8H,5-7H2,(H,14,15). The Balaban J connectivity index is 1.76. The van der Waals surface area contributed by atoms with Gasteiger partial charge >= 0.3 is 0 Å². The van der Waals surface area contributed by atoms with E-state index in [-0.39, 0.29) is 11.8 Å². The van der Waals surface area contributed by atoms with Crippen molar-refractivity contribution in [2.75, 3.05) is 18.2 Å². The third-order valence-corrected chi connectivity index (χ3v) is 3.50. The minimum Gasteiger partial charge on any atom is -0.380 e. The average molecular weight is 256 g/mol. The molecule has 1 aromatic heterocycles. The Bertz CT molecular complexity index is 658. The zero-order valence-electron chi connectivity index (χ0n) is 10.2. The van der Waals surface area contributed by atoms with Crippen molar-refractivity contribution in [1.82, 2.24) is 9.97 Å². The van der Waals surface area contributed by atoms with E-state index in [1.807, 2.05) is 24.3 Å². The molecule has 1 saturated heterocycles. The lowest BCUT2D eigenvalue weighted by atomic mass is 10.0. The van der Waals surface area contributed by atoms with Crippen LogP contribution in [0.25, 0.3) is 11.0 Å². The lowest BCUT2D eigenvalue weighted by molar-refractivity contribution is -0.121. The molecule has 96 valence electrons. The second-order valence-corrected chi connectivity index (χ2v) is 4.70. The number of benzene rings is 1. The first-order valence-electron chi connectivity index (χ1n) is 6.27. The largest absolute Gasteiger partial charge is 0.380 e. The molecule has 6 heteroatoms. The number of carbonyl (C=O) groups is 1. The highest BCUT2D eigenvalue weighted by Crippen LogP contribution is 2.26. The number of ether oxygens (including phenoxy) is 1. The van der Waals surface area contributed by atoms with Crippen LogP contribution in [0.3, 0.4) is 0 Å². The molecule has 4 rings (SSSR count). The summed E-state index contributed by atoms with van der Waals surface area (Å²) in [4.78, 5) is 19.8. The first-order chi connectivity index (χ1) is 9.33. The van der Waals surface area contributed by atoms with E-state index in [0.717, 1.165) is 16.7 Å². The quantitative estimate of drug-likeness (QED) is 0.836. The summed E-state index contributed by atoms with van der Waals surface area (Å²) in [5.41, 5.74) is 2.63. The fourth-order valence-corrected chi connectivity index (χ4v) is 2.50. The zero-order chi connectivity index (χ0) is 12.8. The number of carbonyl (C=O) groups excluding carboxylic acids is 1. The molecule has 2 aromatic rings. The van der Waals surface area contributed by atoms with Crippen molar-refractivity contribution < 1.29 is 9.53 Å². The molecule has 3 heterocycles. The van der Waals surface area contributed by atoms with Crippen molar-refractivity contribution in [3.05, 3.63) is 24.3 Å². The van der Waals surface area contributed by atoms with Crippen LogP contribution in [0.1, 0.15) is 6.42 Å². The number of nitrogens with zero attached hydrogens (tertiary/aromatic N) is 3. The highest BCUT2D eigenvalue weighted by Gasteiger charge is 2.39. The van der Waals surface area contributed by atoms with Crippen LogP contribution in [0.5, 0.6) is 0 Å². The minimum absolute atomic E-state index is 0.0613. The van der Waals surface area contributed by atoms with Crippen LogP contribution >= 0.6 is 0 Å². The number of hydrogen-bond donors (Lipinski definition) is 1. The Morgan fingerprint density at radius 3 is 3.11 bits per heavy atom. The summed E-state index contributed by atoms with van der Waals surface area (Å²) in [7, 11) is 0. The first-order valence-corrected chi connectivity index (χ1v) is 6.27. The number of hydrazone groups is 1. The fraction of sp³-hybridized carbons (Fsp3) is 0.308. The second-order valence-electron chi connectivity index (χ2n) is 4.70. The third kappa shape index (κ3) is 1.57. The normalized spacial score (nSPS) is 22.7. The van der Waals surface area contributed by atoms with Crippen LogP contribution in [0, 0.1) is 5.92 Å². The molecule has 2 aliphatic rings. The van der Waals surface area contributed by atoms with Gasteiger partial charge in [0.15, 0.2) is 0 Å². The molecule has 1 amide bonds. The number of rotatable bonds is 1. The molecule has 0 radical (unpaired) electrons. The second kappa shape index (κ2) is 3.89. The van der Waals surface area contributed by atoms with Gasteiger partial charge in [-0.3, -0.25) is 4.79 Å². The van der Waals surface area contributed by atoms with Crippen LogP contribution in [0.4, 0.5) is 5.95 Å². The molecule has 0 bridgehead atoms. The van der Waals surface area contributed by atoms with E-state index in [0.29, 0.717) is 25.6 Å². The van der Waals surface area contributed by atoms with E-state index in [9.17, 15) is 4.79 Å². The molecule has 1 unspecified atom stereocenters. The lowest BCUT2D eigenvalue weighted by Crippen LogP contribution is -2.34. The van der Waals surface area contributed by atoms with Gasteiger partial charge in [-0.05, 0) is 12.1 Å². The van der Waals surface area contributed by atoms with E-state index in [2.05, 4.69) is 15.1 Å². The van der Waals surface area contributed by atoms with Crippen molar-refractivity contribution >= 4 is 28.6 Å². The number of amides is 1. The highest BCUT2D eigenvalue weighted by molar-refractivity contribution is 6.15. The van der Waals surface area contributed by atoms with Crippen molar-refractivity contribution in [1.29, 1.82) is 0 Å². The number of hydrogen-bond acceptors (Lipinski definition) is 4. The van der Waals surface area contributed by atoms with E-state index in [4.69, 9.17) is 4.74 Å². The molecule has 6 nitrogen and oxygen atoms in total.